The van der Waals surface area contributed by atoms with E-state index in [0.29, 0.717) is 5.92 Å². The molecular formula is C11H18N4. The molecule has 0 spiro atoms. The summed E-state index contributed by atoms with van der Waals surface area (Å²) in [5.74, 6) is 2.53. The second-order valence-electron chi connectivity index (χ2n) is 4.36. The van der Waals surface area contributed by atoms with Crippen molar-refractivity contribution in [3.05, 3.63) is 17.6 Å². The molecule has 0 unspecified atom stereocenters. The van der Waals surface area contributed by atoms with Gasteiger partial charge in [-0.15, -0.1) is 0 Å². The van der Waals surface area contributed by atoms with Gasteiger partial charge in [0.05, 0.1) is 6.54 Å². The Labute approximate surface area is 90.7 Å². The van der Waals surface area contributed by atoms with Crippen molar-refractivity contribution in [2.75, 3.05) is 26.5 Å². The Morgan fingerprint density at radius 2 is 2.13 bits per heavy atom. The van der Waals surface area contributed by atoms with E-state index in [2.05, 4.69) is 26.3 Å². The zero-order chi connectivity index (χ0) is 10.8. The van der Waals surface area contributed by atoms with Crippen molar-refractivity contribution >= 4 is 5.82 Å². The van der Waals surface area contributed by atoms with Crippen LogP contribution in [-0.4, -0.2) is 36.0 Å². The summed E-state index contributed by atoms with van der Waals surface area (Å²) in [6, 6.07) is 2.07. The minimum Gasteiger partial charge on any atom is -0.373 e. The Hall–Kier alpha value is -1.16. The van der Waals surface area contributed by atoms with Gasteiger partial charge < -0.3 is 10.2 Å². The van der Waals surface area contributed by atoms with Crippen molar-refractivity contribution in [2.24, 2.45) is 0 Å². The number of hydrogen-bond donors (Lipinski definition) is 1. The van der Waals surface area contributed by atoms with E-state index in [4.69, 9.17) is 0 Å². The minimum absolute atomic E-state index is 0.681. The average Bonchev–Trinajstić information content (AvgIpc) is 2.99. The molecule has 4 nitrogen and oxygen atoms in total. The monoisotopic (exact) mass is 206 g/mol. The maximum Gasteiger partial charge on any atom is 0.144 e. The molecule has 0 radical (unpaired) electrons. The molecule has 2 rings (SSSR count). The van der Waals surface area contributed by atoms with Crippen molar-refractivity contribution in [2.45, 2.75) is 25.3 Å². The molecule has 1 saturated carbocycles. The van der Waals surface area contributed by atoms with Gasteiger partial charge in [-0.3, -0.25) is 0 Å². The highest BCUT2D eigenvalue weighted by atomic mass is 15.1. The van der Waals surface area contributed by atoms with Gasteiger partial charge in [-0.2, -0.15) is 0 Å². The molecular weight excluding hydrogens is 188 g/mol. The van der Waals surface area contributed by atoms with Crippen LogP contribution < -0.4 is 5.32 Å². The van der Waals surface area contributed by atoms with Gasteiger partial charge in [0.25, 0.3) is 0 Å². The molecule has 1 N–H and O–H groups in total. The Kier molecular flexibility index (Phi) is 2.86. The lowest BCUT2D eigenvalue weighted by Gasteiger charge is -2.11. The molecule has 1 aromatic rings. The predicted molar refractivity (Wildman–Crippen MR) is 60.9 cm³/mol. The fraction of sp³-hybridized carbons (Fsp3) is 0.636. The van der Waals surface area contributed by atoms with Crippen LogP contribution in [0.2, 0.25) is 0 Å². The van der Waals surface area contributed by atoms with E-state index in [0.717, 1.165) is 18.2 Å². The van der Waals surface area contributed by atoms with Crippen LogP contribution in [0, 0.1) is 0 Å². The Morgan fingerprint density at radius 1 is 1.40 bits per heavy atom. The summed E-state index contributed by atoms with van der Waals surface area (Å²) >= 11 is 0. The first-order valence-electron chi connectivity index (χ1n) is 5.39. The summed E-state index contributed by atoms with van der Waals surface area (Å²) in [4.78, 5) is 11.1. The molecule has 1 aliphatic rings. The molecule has 0 aromatic carbocycles. The smallest absolute Gasteiger partial charge is 0.144 e. The van der Waals surface area contributed by atoms with Crippen molar-refractivity contribution in [1.29, 1.82) is 0 Å². The van der Waals surface area contributed by atoms with E-state index >= 15 is 0 Å². The van der Waals surface area contributed by atoms with Crippen LogP contribution in [0.5, 0.6) is 0 Å². The predicted octanol–water partition coefficient (Wildman–Crippen LogP) is 1.46. The van der Waals surface area contributed by atoms with Gasteiger partial charge in [0.2, 0.25) is 0 Å². The number of nitrogens with zero attached hydrogens (tertiary/aromatic N) is 3. The first-order chi connectivity index (χ1) is 7.19. The maximum atomic E-state index is 4.59. The number of rotatable bonds is 4. The fourth-order valence-corrected chi connectivity index (χ4v) is 1.59. The quantitative estimate of drug-likeness (QED) is 0.809. The van der Waals surface area contributed by atoms with Gasteiger partial charge in [-0.05, 0) is 26.9 Å². The third-order valence-corrected chi connectivity index (χ3v) is 2.50. The van der Waals surface area contributed by atoms with Crippen LogP contribution in [0.4, 0.5) is 5.82 Å². The topological polar surface area (TPSA) is 41.1 Å². The highest BCUT2D eigenvalue weighted by molar-refractivity contribution is 5.37. The van der Waals surface area contributed by atoms with Gasteiger partial charge >= 0.3 is 0 Å². The number of hydrogen-bond acceptors (Lipinski definition) is 4. The van der Waals surface area contributed by atoms with Crippen LogP contribution in [0.1, 0.15) is 30.3 Å². The second kappa shape index (κ2) is 4.14. The molecule has 0 aliphatic heterocycles. The number of nitrogens with one attached hydrogen (secondary N) is 1. The molecule has 4 heteroatoms. The highest BCUT2D eigenvalue weighted by Crippen LogP contribution is 2.39. The van der Waals surface area contributed by atoms with Crippen LogP contribution in [0.25, 0.3) is 0 Å². The van der Waals surface area contributed by atoms with Gasteiger partial charge in [-0.1, -0.05) is 0 Å². The zero-order valence-corrected chi connectivity index (χ0v) is 9.62. The molecule has 0 atom stereocenters. The van der Waals surface area contributed by atoms with E-state index in [-0.39, 0.29) is 0 Å². The highest BCUT2D eigenvalue weighted by Gasteiger charge is 2.26. The third kappa shape index (κ3) is 2.65. The lowest BCUT2D eigenvalue weighted by molar-refractivity contribution is 0.390. The van der Waals surface area contributed by atoms with E-state index in [9.17, 15) is 0 Å². The lowest BCUT2D eigenvalue weighted by Crippen LogP contribution is -2.14. The summed E-state index contributed by atoms with van der Waals surface area (Å²) in [6.07, 6.45) is 2.56. The SMILES string of the molecule is CNc1cc(C2CC2)nc(CN(C)C)n1. The van der Waals surface area contributed by atoms with Gasteiger partial charge in [0.1, 0.15) is 11.6 Å². The van der Waals surface area contributed by atoms with E-state index in [1.165, 1.54) is 18.5 Å². The number of anilines is 1. The molecule has 1 aromatic heterocycles. The van der Waals surface area contributed by atoms with Crippen molar-refractivity contribution < 1.29 is 0 Å². The average molecular weight is 206 g/mol. The van der Waals surface area contributed by atoms with Crippen LogP contribution >= 0.6 is 0 Å². The van der Waals surface area contributed by atoms with Crippen LogP contribution in [0.3, 0.4) is 0 Å². The molecule has 0 amide bonds. The Morgan fingerprint density at radius 3 is 2.67 bits per heavy atom. The lowest BCUT2D eigenvalue weighted by atomic mass is 10.2. The summed E-state index contributed by atoms with van der Waals surface area (Å²) in [5.41, 5.74) is 1.20. The van der Waals surface area contributed by atoms with Crippen LogP contribution in [0.15, 0.2) is 6.07 Å². The normalized spacial score (nSPS) is 15.7. The molecule has 1 heterocycles. The van der Waals surface area contributed by atoms with Gasteiger partial charge in [0.15, 0.2) is 0 Å². The summed E-state index contributed by atoms with van der Waals surface area (Å²) in [5, 5.41) is 3.09. The molecule has 1 fully saturated rings. The molecule has 15 heavy (non-hydrogen) atoms. The Bertz CT molecular complexity index is 344. The van der Waals surface area contributed by atoms with E-state index < -0.39 is 0 Å². The van der Waals surface area contributed by atoms with Crippen LogP contribution in [-0.2, 0) is 6.54 Å². The largest absolute Gasteiger partial charge is 0.373 e. The van der Waals surface area contributed by atoms with Gasteiger partial charge in [0, 0.05) is 24.7 Å². The molecule has 0 saturated heterocycles. The van der Waals surface area contributed by atoms with Crippen molar-refractivity contribution in [3.8, 4) is 0 Å². The molecule has 1 aliphatic carbocycles. The fourth-order valence-electron chi connectivity index (χ4n) is 1.59. The van der Waals surface area contributed by atoms with E-state index in [1.807, 2.05) is 21.1 Å². The third-order valence-electron chi connectivity index (χ3n) is 2.50. The standard InChI is InChI=1S/C11H18N4/c1-12-10-6-9(8-4-5-8)13-11(14-10)7-15(2)3/h6,8H,4-5,7H2,1-3H3,(H,12,13,14). The van der Waals surface area contributed by atoms with E-state index in [1.54, 1.807) is 0 Å². The number of aromatic nitrogens is 2. The summed E-state index contributed by atoms with van der Waals surface area (Å²) < 4.78 is 0. The summed E-state index contributed by atoms with van der Waals surface area (Å²) in [7, 11) is 5.97. The first kappa shape index (κ1) is 10.4. The van der Waals surface area contributed by atoms with Crippen molar-refractivity contribution in [3.63, 3.8) is 0 Å². The molecule has 0 bridgehead atoms. The molecule has 82 valence electrons. The minimum atomic E-state index is 0.681. The first-order valence-corrected chi connectivity index (χ1v) is 5.39. The second-order valence-corrected chi connectivity index (χ2v) is 4.36. The van der Waals surface area contributed by atoms with Crippen molar-refractivity contribution in [1.82, 2.24) is 14.9 Å². The zero-order valence-electron chi connectivity index (χ0n) is 9.62. The Balaban J connectivity index is 2.24. The maximum absolute atomic E-state index is 4.59. The summed E-state index contributed by atoms with van der Waals surface area (Å²) in [6.45, 7) is 0.801. The van der Waals surface area contributed by atoms with Gasteiger partial charge in [-0.25, -0.2) is 9.97 Å².